The van der Waals surface area contributed by atoms with Crippen LogP contribution in [0.2, 0.25) is 0 Å². The van der Waals surface area contributed by atoms with Crippen LogP contribution in [0.3, 0.4) is 0 Å². The lowest BCUT2D eigenvalue weighted by Gasteiger charge is -2.22. The van der Waals surface area contributed by atoms with Crippen LogP contribution in [0.25, 0.3) is 10.9 Å². The van der Waals surface area contributed by atoms with E-state index in [2.05, 4.69) is 26.6 Å². The van der Waals surface area contributed by atoms with Gasteiger partial charge in [-0.05, 0) is 42.1 Å². The van der Waals surface area contributed by atoms with Crippen molar-refractivity contribution in [1.82, 2.24) is 19.4 Å². The smallest absolute Gasteiger partial charge is 0.253 e. The van der Waals surface area contributed by atoms with Gasteiger partial charge in [-0.25, -0.2) is 0 Å². The van der Waals surface area contributed by atoms with E-state index in [1.165, 1.54) is 5.39 Å². The van der Waals surface area contributed by atoms with Crippen LogP contribution in [0, 0.1) is 0 Å². The summed E-state index contributed by atoms with van der Waals surface area (Å²) in [5.74, 6) is 0.132. The monoisotopic (exact) mass is 348 g/mol. The van der Waals surface area contributed by atoms with Crippen LogP contribution in [-0.4, -0.2) is 51.4 Å². The quantitative estimate of drug-likeness (QED) is 0.731. The van der Waals surface area contributed by atoms with Crippen molar-refractivity contribution in [3.8, 4) is 0 Å². The number of aryl methyl sites for hydroxylation is 1. The molecule has 1 amide bonds. The number of carbonyl (C=O) groups excluding carboxylic acids is 1. The average Bonchev–Trinajstić information content (AvgIpc) is 2.89. The predicted molar refractivity (Wildman–Crippen MR) is 103 cm³/mol. The predicted octanol–water partition coefficient (Wildman–Crippen LogP) is 2.92. The molecule has 1 aliphatic rings. The highest BCUT2D eigenvalue weighted by molar-refractivity contribution is 5.98. The van der Waals surface area contributed by atoms with Gasteiger partial charge in [-0.15, -0.1) is 0 Å². The lowest BCUT2D eigenvalue weighted by molar-refractivity contribution is 0.0761. The van der Waals surface area contributed by atoms with Gasteiger partial charge in [-0.2, -0.15) is 0 Å². The molecule has 0 spiro atoms. The first kappa shape index (κ1) is 16.8. The van der Waals surface area contributed by atoms with E-state index in [1.807, 2.05) is 54.7 Å². The molecular formula is C21H24N4O. The minimum Gasteiger partial charge on any atom is -0.351 e. The highest BCUT2D eigenvalue weighted by Gasteiger charge is 2.21. The van der Waals surface area contributed by atoms with Crippen LogP contribution in [-0.2, 0) is 13.6 Å². The fraction of sp³-hybridized carbons (Fsp3) is 0.333. The third-order valence-electron chi connectivity index (χ3n) is 5.12. The zero-order chi connectivity index (χ0) is 17.9. The SMILES string of the molecule is Cn1ccc2ccc(C(=O)N3CCCN(Cc4ccccn4)CC3)cc21. The van der Waals surface area contributed by atoms with E-state index < -0.39 is 0 Å². The van der Waals surface area contributed by atoms with Crippen LogP contribution < -0.4 is 0 Å². The Kier molecular flexibility index (Phi) is 4.71. The molecule has 0 radical (unpaired) electrons. The molecule has 5 nitrogen and oxygen atoms in total. The summed E-state index contributed by atoms with van der Waals surface area (Å²) in [5.41, 5.74) is 2.96. The molecule has 1 aromatic carbocycles. The lowest BCUT2D eigenvalue weighted by atomic mass is 10.1. The van der Waals surface area contributed by atoms with Gasteiger partial charge in [0, 0.05) is 63.2 Å². The van der Waals surface area contributed by atoms with Crippen molar-refractivity contribution in [3.05, 3.63) is 66.1 Å². The van der Waals surface area contributed by atoms with Gasteiger partial charge >= 0.3 is 0 Å². The van der Waals surface area contributed by atoms with E-state index in [9.17, 15) is 4.79 Å². The Morgan fingerprint density at radius 1 is 1.08 bits per heavy atom. The Morgan fingerprint density at radius 3 is 2.85 bits per heavy atom. The highest BCUT2D eigenvalue weighted by atomic mass is 16.2. The Morgan fingerprint density at radius 2 is 2.00 bits per heavy atom. The number of pyridine rings is 1. The fourth-order valence-corrected chi connectivity index (χ4v) is 3.63. The first-order valence-electron chi connectivity index (χ1n) is 9.17. The molecule has 0 unspecified atom stereocenters. The Labute approximate surface area is 153 Å². The number of nitrogens with zero attached hydrogens (tertiary/aromatic N) is 4. The first-order chi connectivity index (χ1) is 12.7. The zero-order valence-electron chi connectivity index (χ0n) is 15.1. The van der Waals surface area contributed by atoms with Gasteiger partial charge in [-0.1, -0.05) is 12.1 Å². The van der Waals surface area contributed by atoms with E-state index in [0.717, 1.165) is 55.9 Å². The molecule has 5 heteroatoms. The largest absolute Gasteiger partial charge is 0.351 e. The molecular weight excluding hydrogens is 324 g/mol. The second-order valence-corrected chi connectivity index (χ2v) is 6.94. The number of aromatic nitrogens is 2. The first-order valence-corrected chi connectivity index (χ1v) is 9.17. The maximum Gasteiger partial charge on any atom is 0.253 e. The second kappa shape index (κ2) is 7.30. The normalized spacial score (nSPS) is 16.0. The molecule has 0 atom stereocenters. The molecule has 0 aliphatic carbocycles. The molecule has 3 aromatic rings. The number of hydrogen-bond donors (Lipinski definition) is 0. The molecule has 1 fully saturated rings. The van der Waals surface area contributed by atoms with Crippen molar-refractivity contribution in [1.29, 1.82) is 0 Å². The van der Waals surface area contributed by atoms with Gasteiger partial charge in [0.2, 0.25) is 0 Å². The summed E-state index contributed by atoms with van der Waals surface area (Å²) in [6, 6.07) is 14.1. The topological polar surface area (TPSA) is 41.4 Å². The average molecular weight is 348 g/mol. The third-order valence-corrected chi connectivity index (χ3v) is 5.12. The maximum absolute atomic E-state index is 13.0. The van der Waals surface area contributed by atoms with Crippen molar-refractivity contribution >= 4 is 16.8 Å². The van der Waals surface area contributed by atoms with Gasteiger partial charge in [0.25, 0.3) is 5.91 Å². The maximum atomic E-state index is 13.0. The molecule has 1 aliphatic heterocycles. The van der Waals surface area contributed by atoms with Gasteiger partial charge in [-0.3, -0.25) is 14.7 Å². The molecule has 134 valence electrons. The van der Waals surface area contributed by atoms with E-state index in [4.69, 9.17) is 0 Å². The van der Waals surface area contributed by atoms with E-state index in [0.29, 0.717) is 0 Å². The van der Waals surface area contributed by atoms with Gasteiger partial charge in [0.05, 0.1) is 5.69 Å². The van der Waals surface area contributed by atoms with E-state index >= 15 is 0 Å². The highest BCUT2D eigenvalue weighted by Crippen LogP contribution is 2.18. The van der Waals surface area contributed by atoms with Crippen molar-refractivity contribution < 1.29 is 4.79 Å². The van der Waals surface area contributed by atoms with Crippen LogP contribution in [0.4, 0.5) is 0 Å². The molecule has 0 saturated carbocycles. The molecule has 4 rings (SSSR count). The van der Waals surface area contributed by atoms with E-state index in [1.54, 1.807) is 0 Å². The number of hydrogen-bond acceptors (Lipinski definition) is 3. The number of benzene rings is 1. The standard InChI is InChI=1S/C21H24N4O/c1-23-12-8-17-6-7-18(15-20(17)23)21(26)25-11-4-10-24(13-14-25)16-19-5-2-3-9-22-19/h2-3,5-9,12,15H,4,10-11,13-14,16H2,1H3. The minimum atomic E-state index is 0.132. The molecule has 26 heavy (non-hydrogen) atoms. The Bertz CT molecular complexity index is 903. The number of amides is 1. The molecule has 3 heterocycles. The molecule has 0 N–H and O–H groups in total. The fourth-order valence-electron chi connectivity index (χ4n) is 3.63. The van der Waals surface area contributed by atoms with Crippen molar-refractivity contribution in [2.24, 2.45) is 7.05 Å². The summed E-state index contributed by atoms with van der Waals surface area (Å²) in [4.78, 5) is 21.8. The van der Waals surface area contributed by atoms with Crippen LogP contribution in [0.1, 0.15) is 22.5 Å². The van der Waals surface area contributed by atoms with Crippen molar-refractivity contribution in [2.45, 2.75) is 13.0 Å². The number of fused-ring (bicyclic) bond motifs is 1. The summed E-state index contributed by atoms with van der Waals surface area (Å²) < 4.78 is 2.06. The van der Waals surface area contributed by atoms with E-state index in [-0.39, 0.29) is 5.91 Å². The Hall–Kier alpha value is -2.66. The van der Waals surface area contributed by atoms with Gasteiger partial charge in [0.1, 0.15) is 0 Å². The lowest BCUT2D eigenvalue weighted by Crippen LogP contribution is -2.35. The summed E-state index contributed by atoms with van der Waals surface area (Å²) in [5, 5.41) is 1.17. The van der Waals surface area contributed by atoms with Crippen molar-refractivity contribution in [3.63, 3.8) is 0 Å². The van der Waals surface area contributed by atoms with Gasteiger partial charge in [0.15, 0.2) is 0 Å². The zero-order valence-corrected chi connectivity index (χ0v) is 15.1. The summed E-state index contributed by atoms with van der Waals surface area (Å²) in [7, 11) is 2.01. The van der Waals surface area contributed by atoms with Crippen molar-refractivity contribution in [2.75, 3.05) is 26.2 Å². The molecule has 1 saturated heterocycles. The minimum absolute atomic E-state index is 0.132. The van der Waals surface area contributed by atoms with Crippen LogP contribution >= 0.6 is 0 Å². The number of carbonyl (C=O) groups is 1. The third kappa shape index (κ3) is 3.48. The van der Waals surface area contributed by atoms with Gasteiger partial charge < -0.3 is 9.47 Å². The summed E-state index contributed by atoms with van der Waals surface area (Å²) in [6.07, 6.45) is 4.86. The number of rotatable bonds is 3. The van der Waals surface area contributed by atoms with Crippen LogP contribution in [0.5, 0.6) is 0 Å². The molecule has 0 bridgehead atoms. The summed E-state index contributed by atoms with van der Waals surface area (Å²) in [6.45, 7) is 4.30. The van der Waals surface area contributed by atoms with Crippen LogP contribution in [0.15, 0.2) is 54.9 Å². The second-order valence-electron chi connectivity index (χ2n) is 6.94. The summed E-state index contributed by atoms with van der Waals surface area (Å²) >= 11 is 0. The molecule has 2 aromatic heterocycles. The Balaban J connectivity index is 1.44.